The number of likely N-dealkylation sites (N-methyl/N-ethyl adjacent to an activating group) is 1. The van der Waals surface area contributed by atoms with Crippen molar-refractivity contribution in [3.8, 4) is 5.95 Å². The minimum atomic E-state index is -0.210. The van der Waals surface area contributed by atoms with Gasteiger partial charge in [0, 0.05) is 18.7 Å². The van der Waals surface area contributed by atoms with Gasteiger partial charge in [-0.15, -0.1) is 0 Å². The molecule has 0 aliphatic carbocycles. The largest absolute Gasteiger partial charge is 0.465 e. The molecule has 5 nitrogen and oxygen atoms in total. The number of hydrogen-bond donors (Lipinski definition) is 1. The fraction of sp³-hybridized carbons (Fsp3) is 0.643. The van der Waals surface area contributed by atoms with E-state index in [-0.39, 0.29) is 11.7 Å². The van der Waals surface area contributed by atoms with Gasteiger partial charge in [-0.1, -0.05) is 13.8 Å². The first-order valence-electron chi connectivity index (χ1n) is 6.63. The molecule has 1 atom stereocenters. The van der Waals surface area contributed by atoms with E-state index in [4.69, 9.17) is 9.15 Å². The van der Waals surface area contributed by atoms with Crippen molar-refractivity contribution >= 4 is 5.91 Å². The van der Waals surface area contributed by atoms with E-state index >= 15 is 0 Å². The minimum absolute atomic E-state index is 0.210. The Bertz CT molecular complexity index is 391. The zero-order chi connectivity index (χ0) is 14.4. The van der Waals surface area contributed by atoms with Crippen LogP contribution in [0.15, 0.2) is 16.5 Å². The van der Waals surface area contributed by atoms with Crippen molar-refractivity contribution in [1.29, 1.82) is 0 Å². The highest BCUT2D eigenvalue weighted by Gasteiger charge is 2.18. The number of hydrogen-bond acceptors (Lipinski definition) is 4. The zero-order valence-electron chi connectivity index (χ0n) is 12.4. The molecule has 1 N–H and O–H groups in total. The molecule has 1 rings (SSSR count). The fourth-order valence-corrected chi connectivity index (χ4v) is 1.96. The summed E-state index contributed by atoms with van der Waals surface area (Å²) in [5.41, 5.74) is 0. The van der Waals surface area contributed by atoms with Gasteiger partial charge >= 0.3 is 0 Å². The molecule has 1 aromatic rings. The van der Waals surface area contributed by atoms with E-state index in [0.717, 1.165) is 0 Å². The van der Waals surface area contributed by atoms with Gasteiger partial charge in [-0.25, -0.2) is 0 Å². The van der Waals surface area contributed by atoms with Crippen LogP contribution >= 0.6 is 0 Å². The van der Waals surface area contributed by atoms with Crippen molar-refractivity contribution in [2.45, 2.75) is 26.8 Å². The number of amides is 1. The maximum atomic E-state index is 11.9. The van der Waals surface area contributed by atoms with Gasteiger partial charge in [-0.2, -0.15) is 0 Å². The monoisotopic (exact) mass is 268 g/mol. The fourth-order valence-electron chi connectivity index (χ4n) is 1.96. The third kappa shape index (κ3) is 4.59. The standard InChI is InChI=1S/C14H24N2O3/c1-6-18-13-8-7-12(19-13)14(17)15-9-11(10(2)3)16(4)5/h7-8,10-11H,6,9H2,1-5H3,(H,15,17). The lowest BCUT2D eigenvalue weighted by Gasteiger charge is -2.27. The molecule has 0 aliphatic heterocycles. The molecular formula is C14H24N2O3. The summed E-state index contributed by atoms with van der Waals surface area (Å²) < 4.78 is 10.5. The van der Waals surface area contributed by atoms with Crippen LogP contribution in [-0.4, -0.2) is 44.1 Å². The molecule has 0 saturated heterocycles. The van der Waals surface area contributed by atoms with Gasteiger partial charge in [0.15, 0.2) is 5.76 Å². The van der Waals surface area contributed by atoms with E-state index in [9.17, 15) is 4.79 Å². The summed E-state index contributed by atoms with van der Waals surface area (Å²) in [7, 11) is 4.02. The highest BCUT2D eigenvalue weighted by atomic mass is 16.6. The molecule has 5 heteroatoms. The van der Waals surface area contributed by atoms with Crippen LogP contribution in [0.3, 0.4) is 0 Å². The van der Waals surface area contributed by atoms with Crippen LogP contribution in [0.4, 0.5) is 0 Å². The summed E-state index contributed by atoms with van der Waals surface area (Å²) in [5, 5.41) is 2.89. The third-order valence-electron chi connectivity index (χ3n) is 3.00. The Morgan fingerprint density at radius 3 is 2.63 bits per heavy atom. The van der Waals surface area contributed by atoms with Crippen LogP contribution in [0.1, 0.15) is 31.3 Å². The van der Waals surface area contributed by atoms with Gasteiger partial charge < -0.3 is 19.4 Å². The van der Waals surface area contributed by atoms with Crippen LogP contribution in [-0.2, 0) is 0 Å². The molecule has 108 valence electrons. The maximum absolute atomic E-state index is 11.9. The molecule has 0 radical (unpaired) electrons. The van der Waals surface area contributed by atoms with Crippen molar-refractivity contribution in [2.24, 2.45) is 5.92 Å². The quantitative estimate of drug-likeness (QED) is 0.821. The van der Waals surface area contributed by atoms with E-state index < -0.39 is 0 Å². The van der Waals surface area contributed by atoms with Gasteiger partial charge in [0.2, 0.25) is 0 Å². The SMILES string of the molecule is CCOc1ccc(C(=O)NCC(C(C)C)N(C)C)o1. The Morgan fingerprint density at radius 2 is 2.11 bits per heavy atom. The molecule has 1 aromatic heterocycles. The lowest BCUT2D eigenvalue weighted by atomic mass is 10.0. The third-order valence-corrected chi connectivity index (χ3v) is 3.00. The average molecular weight is 268 g/mol. The molecule has 0 spiro atoms. The van der Waals surface area contributed by atoms with Crippen molar-refractivity contribution in [2.75, 3.05) is 27.2 Å². The minimum Gasteiger partial charge on any atom is -0.465 e. The topological polar surface area (TPSA) is 54.7 Å². The molecule has 1 unspecified atom stereocenters. The maximum Gasteiger partial charge on any atom is 0.287 e. The number of nitrogens with zero attached hydrogens (tertiary/aromatic N) is 1. The number of carbonyl (C=O) groups is 1. The Hall–Kier alpha value is -1.49. The average Bonchev–Trinajstić information content (AvgIpc) is 2.77. The second-order valence-electron chi connectivity index (χ2n) is 5.04. The lowest BCUT2D eigenvalue weighted by Crippen LogP contribution is -2.43. The molecule has 0 bridgehead atoms. The first-order chi connectivity index (χ1) is 8.95. The number of rotatable bonds is 7. The van der Waals surface area contributed by atoms with Gasteiger partial charge in [-0.05, 0) is 33.0 Å². The Labute approximate surface area is 114 Å². The van der Waals surface area contributed by atoms with E-state index in [2.05, 4.69) is 24.1 Å². The molecule has 0 fully saturated rings. The molecular weight excluding hydrogens is 244 g/mol. The highest BCUT2D eigenvalue weighted by molar-refractivity contribution is 5.91. The predicted octanol–water partition coefficient (Wildman–Crippen LogP) is 1.99. The number of furan rings is 1. The summed E-state index contributed by atoms with van der Waals surface area (Å²) in [5.74, 6) is 0.912. The van der Waals surface area contributed by atoms with Crippen molar-refractivity contribution < 1.29 is 13.9 Å². The molecule has 1 amide bonds. The molecule has 19 heavy (non-hydrogen) atoms. The first kappa shape index (κ1) is 15.6. The van der Waals surface area contributed by atoms with E-state index in [1.54, 1.807) is 12.1 Å². The summed E-state index contributed by atoms with van der Waals surface area (Å²) in [6.07, 6.45) is 0. The van der Waals surface area contributed by atoms with Gasteiger partial charge in [0.1, 0.15) is 0 Å². The molecule has 1 heterocycles. The normalized spacial score (nSPS) is 12.8. The van der Waals surface area contributed by atoms with Crippen LogP contribution in [0.25, 0.3) is 0 Å². The smallest absolute Gasteiger partial charge is 0.287 e. The second kappa shape index (κ2) is 7.19. The van der Waals surface area contributed by atoms with Gasteiger partial charge in [0.05, 0.1) is 6.61 Å². The Kier molecular flexibility index (Phi) is 5.89. The molecule has 0 saturated carbocycles. The number of carbonyl (C=O) groups excluding carboxylic acids is 1. The Balaban J connectivity index is 2.54. The summed E-state index contributed by atoms with van der Waals surface area (Å²) >= 11 is 0. The lowest BCUT2D eigenvalue weighted by molar-refractivity contribution is 0.0898. The van der Waals surface area contributed by atoms with E-state index in [1.807, 2.05) is 21.0 Å². The second-order valence-corrected chi connectivity index (χ2v) is 5.04. The van der Waals surface area contributed by atoms with Crippen molar-refractivity contribution in [3.63, 3.8) is 0 Å². The van der Waals surface area contributed by atoms with Crippen molar-refractivity contribution in [3.05, 3.63) is 17.9 Å². The van der Waals surface area contributed by atoms with Crippen LogP contribution in [0.5, 0.6) is 5.95 Å². The summed E-state index contributed by atoms with van der Waals surface area (Å²) in [6, 6.07) is 3.58. The summed E-state index contributed by atoms with van der Waals surface area (Å²) in [4.78, 5) is 14.0. The molecule has 0 aliphatic rings. The zero-order valence-corrected chi connectivity index (χ0v) is 12.4. The first-order valence-corrected chi connectivity index (χ1v) is 6.63. The predicted molar refractivity (Wildman–Crippen MR) is 74.5 cm³/mol. The Morgan fingerprint density at radius 1 is 1.42 bits per heavy atom. The van der Waals surface area contributed by atoms with Gasteiger partial charge in [0.25, 0.3) is 11.9 Å². The summed E-state index contributed by atoms with van der Waals surface area (Å²) in [6.45, 7) is 7.25. The number of nitrogens with one attached hydrogen (secondary N) is 1. The van der Waals surface area contributed by atoms with Gasteiger partial charge in [-0.3, -0.25) is 4.79 Å². The van der Waals surface area contributed by atoms with Crippen LogP contribution in [0.2, 0.25) is 0 Å². The van der Waals surface area contributed by atoms with Crippen molar-refractivity contribution in [1.82, 2.24) is 10.2 Å². The molecule has 0 aromatic carbocycles. The highest BCUT2D eigenvalue weighted by Crippen LogP contribution is 2.15. The number of ether oxygens (including phenoxy) is 1. The van der Waals surface area contributed by atoms with E-state index in [0.29, 0.717) is 31.1 Å². The van der Waals surface area contributed by atoms with Crippen LogP contribution in [0, 0.1) is 5.92 Å². The van der Waals surface area contributed by atoms with Crippen LogP contribution < -0.4 is 10.1 Å². The van der Waals surface area contributed by atoms with E-state index in [1.165, 1.54) is 0 Å².